The van der Waals surface area contributed by atoms with Crippen molar-refractivity contribution < 1.29 is 19.1 Å². The van der Waals surface area contributed by atoms with E-state index in [1.807, 2.05) is 55.5 Å². The Bertz CT molecular complexity index is 1650. The lowest BCUT2D eigenvalue weighted by molar-refractivity contribution is -0.139. The van der Waals surface area contributed by atoms with Gasteiger partial charge in [0, 0.05) is 16.9 Å². The van der Waals surface area contributed by atoms with Gasteiger partial charge in [-0.1, -0.05) is 25.0 Å². The molecule has 10 heteroatoms. The van der Waals surface area contributed by atoms with E-state index in [-0.39, 0.29) is 35.1 Å². The molecule has 2 atom stereocenters. The number of carbonyl (C=O) groups is 2. The van der Waals surface area contributed by atoms with Crippen LogP contribution in [0.3, 0.4) is 0 Å². The lowest BCUT2D eigenvalue weighted by Gasteiger charge is -2.25. The lowest BCUT2D eigenvalue weighted by atomic mass is 9.84. The van der Waals surface area contributed by atoms with E-state index in [0.29, 0.717) is 39.4 Å². The molecule has 0 saturated heterocycles. The number of nitrogens with one attached hydrogen (secondary N) is 1. The van der Waals surface area contributed by atoms with E-state index >= 15 is 0 Å². The molecule has 0 unspecified atom stereocenters. The summed E-state index contributed by atoms with van der Waals surface area (Å²) < 4.78 is 12.7. The Morgan fingerprint density at radius 2 is 1.75 bits per heavy atom. The molecular formula is C30H31N5O4S. The van der Waals surface area contributed by atoms with E-state index in [9.17, 15) is 9.59 Å². The molecule has 1 saturated carbocycles. The Morgan fingerprint density at radius 1 is 1.02 bits per heavy atom. The van der Waals surface area contributed by atoms with Crippen molar-refractivity contribution in [3.63, 3.8) is 0 Å². The van der Waals surface area contributed by atoms with Crippen molar-refractivity contribution in [3.8, 4) is 11.4 Å². The number of aromatic nitrogens is 3. The summed E-state index contributed by atoms with van der Waals surface area (Å²) in [5, 5.41) is 3.83. The predicted octanol–water partition coefficient (Wildman–Crippen LogP) is 5.36. The lowest BCUT2D eigenvalue weighted by Crippen LogP contribution is -2.26. The summed E-state index contributed by atoms with van der Waals surface area (Å²) in [6.07, 6.45) is 4.06. The van der Waals surface area contributed by atoms with Crippen LogP contribution in [0.25, 0.3) is 27.9 Å². The van der Waals surface area contributed by atoms with Crippen LogP contribution in [-0.4, -0.2) is 44.9 Å². The van der Waals surface area contributed by atoms with Crippen molar-refractivity contribution in [2.45, 2.75) is 44.8 Å². The maximum atomic E-state index is 14.0. The van der Waals surface area contributed by atoms with Crippen LogP contribution in [0.5, 0.6) is 5.75 Å². The number of anilines is 1. The Kier molecular flexibility index (Phi) is 7.10. The average Bonchev–Trinajstić information content (AvgIpc) is 3.46. The van der Waals surface area contributed by atoms with E-state index in [2.05, 4.69) is 5.32 Å². The smallest absolute Gasteiger partial charge is 0.336 e. The van der Waals surface area contributed by atoms with Crippen molar-refractivity contribution in [2.75, 3.05) is 18.9 Å². The molecule has 3 N–H and O–H groups in total. The van der Waals surface area contributed by atoms with E-state index in [1.165, 1.54) is 0 Å². The molecule has 0 spiro atoms. The van der Waals surface area contributed by atoms with Gasteiger partial charge in [-0.25, -0.2) is 14.8 Å². The highest BCUT2D eigenvalue weighted by atomic mass is 32.2. The van der Waals surface area contributed by atoms with Crippen molar-refractivity contribution in [2.24, 2.45) is 5.92 Å². The second kappa shape index (κ2) is 10.8. The minimum Gasteiger partial charge on any atom is -0.494 e. The highest BCUT2D eigenvalue weighted by molar-refractivity contribution is 8.04. The van der Waals surface area contributed by atoms with E-state index in [1.54, 1.807) is 23.3 Å². The molecule has 2 aromatic heterocycles. The molecular weight excluding hydrogens is 526 g/mol. The zero-order valence-electron chi connectivity index (χ0n) is 22.5. The van der Waals surface area contributed by atoms with Crippen LogP contribution in [0.4, 0.5) is 5.82 Å². The molecule has 1 aliphatic heterocycles. The van der Waals surface area contributed by atoms with Crippen LogP contribution < -0.4 is 15.8 Å². The Balaban J connectivity index is 1.47. The molecule has 0 radical (unpaired) electrons. The Hall–Kier alpha value is -4.05. The first-order chi connectivity index (χ1) is 19.5. The number of nitrogens with two attached hydrogens (primary N) is 1. The number of fused-ring (bicyclic) bond motifs is 3. The van der Waals surface area contributed by atoms with Crippen molar-refractivity contribution in [1.29, 1.82) is 0 Å². The number of benzene rings is 2. The number of nitrogen functional groups attached to an aromatic ring is 1. The number of esters is 1. The minimum absolute atomic E-state index is 0.0689. The first-order valence-corrected chi connectivity index (χ1v) is 14.6. The van der Waals surface area contributed by atoms with Gasteiger partial charge in [-0.15, -0.1) is 11.8 Å². The van der Waals surface area contributed by atoms with Gasteiger partial charge in [0.15, 0.2) is 5.65 Å². The number of nitrogens with zero attached hydrogens (tertiary/aromatic N) is 3. The summed E-state index contributed by atoms with van der Waals surface area (Å²) in [5.74, 6) is 0.217. The first kappa shape index (κ1) is 26.2. The highest BCUT2D eigenvalue weighted by Crippen LogP contribution is 2.48. The van der Waals surface area contributed by atoms with Crippen molar-refractivity contribution >= 4 is 51.7 Å². The van der Waals surface area contributed by atoms with Gasteiger partial charge in [0.2, 0.25) is 0 Å². The quantitative estimate of drug-likeness (QED) is 0.291. The molecule has 4 aromatic rings. The van der Waals surface area contributed by atoms with Crippen LogP contribution in [-0.2, 0) is 9.53 Å². The van der Waals surface area contributed by atoms with Crippen LogP contribution in [0.15, 0.2) is 59.1 Å². The molecule has 1 aliphatic carbocycles. The standard InChI is InChI=1S/C30H31N5O4S/c1-3-38-18-15-13-17(14-16-18)35-26(31)24(25-27(35)33-21-11-7-6-10-20(21)32-25)28(36)34-29-23(30(37)39-4-2)19-9-5-8-12-22(19)40-29/h6-7,10-11,13-16,19,22H,3-5,8-9,12,31H2,1-2H3,(H,34,36)/t19-,22-/m0/s1. The molecule has 6 rings (SSSR count). The largest absolute Gasteiger partial charge is 0.494 e. The topological polar surface area (TPSA) is 121 Å². The van der Waals surface area contributed by atoms with Crippen LogP contribution in [0.1, 0.15) is 49.9 Å². The molecule has 2 aromatic carbocycles. The number of rotatable bonds is 7. The fourth-order valence-corrected chi connectivity index (χ4v) is 7.21. The van der Waals surface area contributed by atoms with Gasteiger partial charge >= 0.3 is 5.97 Å². The number of ether oxygens (including phenoxy) is 2. The zero-order valence-corrected chi connectivity index (χ0v) is 23.3. The fourth-order valence-electron chi connectivity index (χ4n) is 5.67. The fraction of sp³-hybridized carbons (Fsp3) is 0.333. The predicted molar refractivity (Wildman–Crippen MR) is 156 cm³/mol. The molecule has 2 aliphatic rings. The zero-order chi connectivity index (χ0) is 27.8. The summed E-state index contributed by atoms with van der Waals surface area (Å²) in [4.78, 5) is 36.7. The average molecular weight is 558 g/mol. The summed E-state index contributed by atoms with van der Waals surface area (Å²) in [6.45, 7) is 4.55. The third kappa shape index (κ3) is 4.56. The Morgan fingerprint density at radius 3 is 2.48 bits per heavy atom. The Labute approximate surface area is 236 Å². The molecule has 9 nitrogen and oxygen atoms in total. The van der Waals surface area contributed by atoms with Crippen molar-refractivity contribution in [3.05, 3.63) is 64.7 Å². The third-order valence-corrected chi connectivity index (χ3v) is 8.87. The van der Waals surface area contributed by atoms with Gasteiger partial charge in [-0.2, -0.15) is 0 Å². The summed E-state index contributed by atoms with van der Waals surface area (Å²) in [5.41, 5.74) is 10.4. The number of hydrogen-bond acceptors (Lipinski definition) is 8. The summed E-state index contributed by atoms with van der Waals surface area (Å²) >= 11 is 1.55. The number of hydrogen-bond donors (Lipinski definition) is 2. The van der Waals surface area contributed by atoms with Gasteiger partial charge in [0.25, 0.3) is 5.91 Å². The van der Waals surface area contributed by atoms with Crippen LogP contribution in [0.2, 0.25) is 0 Å². The van der Waals surface area contributed by atoms with Gasteiger partial charge < -0.3 is 20.5 Å². The number of thioether (sulfide) groups is 1. The van der Waals surface area contributed by atoms with E-state index < -0.39 is 5.91 Å². The minimum atomic E-state index is -0.431. The van der Waals surface area contributed by atoms with Crippen molar-refractivity contribution in [1.82, 2.24) is 19.9 Å². The number of amides is 1. The summed E-state index contributed by atoms with van der Waals surface area (Å²) in [6, 6.07) is 15.0. The second-order valence-electron chi connectivity index (χ2n) is 9.87. The van der Waals surface area contributed by atoms with E-state index in [0.717, 1.165) is 37.1 Å². The molecule has 0 bridgehead atoms. The van der Waals surface area contributed by atoms with Crippen LogP contribution in [0, 0.1) is 5.92 Å². The summed E-state index contributed by atoms with van der Waals surface area (Å²) in [7, 11) is 0. The molecule has 1 fully saturated rings. The number of para-hydroxylation sites is 2. The van der Waals surface area contributed by atoms with Gasteiger partial charge in [-0.3, -0.25) is 9.36 Å². The molecule has 206 valence electrons. The highest BCUT2D eigenvalue weighted by Gasteiger charge is 2.42. The monoisotopic (exact) mass is 557 g/mol. The van der Waals surface area contributed by atoms with Gasteiger partial charge in [-0.05, 0) is 63.1 Å². The molecule has 40 heavy (non-hydrogen) atoms. The van der Waals surface area contributed by atoms with Gasteiger partial charge in [0.05, 0.1) is 34.8 Å². The number of carbonyl (C=O) groups excluding carboxylic acids is 2. The van der Waals surface area contributed by atoms with Crippen LogP contribution >= 0.6 is 11.8 Å². The normalized spacial score (nSPS) is 18.6. The molecule has 3 heterocycles. The maximum absolute atomic E-state index is 14.0. The molecule has 1 amide bonds. The van der Waals surface area contributed by atoms with Gasteiger partial charge in [0.1, 0.15) is 22.6 Å². The maximum Gasteiger partial charge on any atom is 0.336 e. The first-order valence-electron chi connectivity index (χ1n) is 13.7. The second-order valence-corrected chi connectivity index (χ2v) is 11.1. The van der Waals surface area contributed by atoms with E-state index in [4.69, 9.17) is 25.2 Å². The SMILES string of the molecule is CCOC(=O)C1=C(NC(=O)c2c(N)n(-c3ccc(OCC)cc3)c3nc4ccccc4nc23)S[C@H]2CCCC[C@H]12. The third-order valence-electron chi connectivity index (χ3n) is 7.44.